The second-order valence-corrected chi connectivity index (χ2v) is 29.0. The third kappa shape index (κ3) is 21.6. The van der Waals surface area contributed by atoms with E-state index in [2.05, 4.69) is 16.0 Å². The number of piperidine rings is 1. The van der Waals surface area contributed by atoms with Crippen LogP contribution >= 0.6 is 11.6 Å². The Hall–Kier alpha value is -7.31. The van der Waals surface area contributed by atoms with Crippen LogP contribution in [0.3, 0.4) is 0 Å². The summed E-state index contributed by atoms with van der Waals surface area (Å²) in [4.78, 5) is 188. The van der Waals surface area contributed by atoms with Gasteiger partial charge in [0.05, 0.1) is 43.2 Å². The van der Waals surface area contributed by atoms with Crippen LogP contribution in [0.5, 0.6) is 0 Å². The molecule has 566 valence electrons. The number of amides is 12. The molecule has 32 heteroatoms. The van der Waals surface area contributed by atoms with E-state index in [1.807, 2.05) is 13.8 Å². The highest BCUT2D eigenvalue weighted by Crippen LogP contribution is 2.38. The number of carbonyl (C=O) groups excluding carboxylic acids is 12. The quantitative estimate of drug-likeness (QED) is 0.232. The maximum absolute atomic E-state index is 15.8. The molecular formula is C69H103ClF6N12O13. The average molecular weight is 1460 g/mol. The van der Waals surface area contributed by atoms with Gasteiger partial charge in [-0.25, -0.2) is 0 Å². The summed E-state index contributed by atoms with van der Waals surface area (Å²) in [6.07, 6.45) is -3.55. The average Bonchev–Trinajstić information content (AvgIpc) is 1.76. The monoisotopic (exact) mass is 1460 g/mol. The maximum atomic E-state index is 15.8. The van der Waals surface area contributed by atoms with Crippen molar-refractivity contribution in [2.24, 2.45) is 17.8 Å². The first-order valence-corrected chi connectivity index (χ1v) is 35.5. The fourth-order valence-corrected chi connectivity index (χ4v) is 14.6. The molecule has 3 aliphatic heterocycles. The van der Waals surface area contributed by atoms with Gasteiger partial charge in [-0.3, -0.25) is 57.5 Å². The van der Waals surface area contributed by atoms with Gasteiger partial charge in [0.15, 0.2) is 0 Å². The number of rotatable bonds is 12. The van der Waals surface area contributed by atoms with E-state index >= 15 is 28.8 Å². The van der Waals surface area contributed by atoms with E-state index < -0.39 is 193 Å². The fraction of sp³-hybridized carbons (Fsp3) is 0.739. The van der Waals surface area contributed by atoms with Crippen molar-refractivity contribution >= 4 is 82.5 Å². The van der Waals surface area contributed by atoms with Gasteiger partial charge in [-0.15, -0.1) is 0 Å². The number of aryl methyl sites for hydroxylation is 1. The van der Waals surface area contributed by atoms with Crippen LogP contribution in [-0.4, -0.2) is 271 Å². The van der Waals surface area contributed by atoms with Crippen molar-refractivity contribution in [3.05, 3.63) is 34.3 Å². The summed E-state index contributed by atoms with van der Waals surface area (Å²) >= 11 is 6.09. The van der Waals surface area contributed by atoms with Crippen LogP contribution in [0, 0.1) is 17.8 Å². The van der Waals surface area contributed by atoms with Gasteiger partial charge in [-0.05, 0) is 112 Å². The molecule has 0 aromatic heterocycles. The van der Waals surface area contributed by atoms with Crippen LogP contribution in [0.15, 0.2) is 18.2 Å². The Kier molecular flexibility index (Phi) is 29.6. The number of carbonyl (C=O) groups is 12. The number of hydrogen-bond acceptors (Lipinski definition) is 13. The Labute approximate surface area is 592 Å². The highest BCUT2D eigenvalue weighted by atomic mass is 35.5. The van der Waals surface area contributed by atoms with Crippen molar-refractivity contribution in [3.63, 3.8) is 0 Å². The first kappa shape index (κ1) is 82.6. The molecule has 1 aromatic carbocycles. The molecule has 2 aliphatic carbocycles. The lowest BCUT2D eigenvalue weighted by atomic mass is 9.81. The smallest absolute Gasteiger partial charge is 0.369 e. The Morgan fingerprint density at radius 1 is 0.644 bits per heavy atom. The van der Waals surface area contributed by atoms with Gasteiger partial charge >= 0.3 is 12.4 Å². The highest BCUT2D eigenvalue weighted by molar-refractivity contribution is 6.31. The molecule has 0 bridgehead atoms. The number of alkyl halides is 6. The van der Waals surface area contributed by atoms with Crippen molar-refractivity contribution in [1.82, 2.24) is 60.0 Å². The number of nitrogens with one attached hydrogen (secondary N) is 3. The lowest BCUT2D eigenvalue weighted by molar-refractivity contribution is -0.180. The predicted octanol–water partition coefficient (Wildman–Crippen LogP) is 5.03. The number of nitrogens with zero attached hydrogens (tertiary/aromatic N) is 9. The van der Waals surface area contributed by atoms with Crippen LogP contribution < -0.4 is 16.0 Å². The minimum absolute atomic E-state index is 0.0601. The Morgan fingerprint density at radius 2 is 1.25 bits per heavy atom. The van der Waals surface area contributed by atoms with Crippen LogP contribution in [-0.2, 0) is 74.9 Å². The third-order valence-electron chi connectivity index (χ3n) is 20.6. The summed E-state index contributed by atoms with van der Waals surface area (Å²) in [7, 11) is 8.88. The van der Waals surface area contributed by atoms with Crippen molar-refractivity contribution in [2.75, 3.05) is 102 Å². The summed E-state index contributed by atoms with van der Waals surface area (Å²) in [6.45, 7) is 2.34. The first-order chi connectivity index (χ1) is 47.3. The SMILES string of the molecule is CC[C@H](C)[C@@H]1NC(=O)[C@H](CC(C)C)N(C)C(=O)C[C@@H](C(=O)N2CCCCC2)N(C)C(=O)[C@H](C2CCCCC2)N(C)C(=O)C2(CCCC2)NC(=O)[C@@H]2CCCN2C(=O)[C@H](CCc2ccc(C(F)(F)F)c(Cl)c2)NC(=O)CN(C)C(=O)[C@H](COCC(F)(F)F)N(C)C(=O)CN(C)C(=O)CN(C)C1=O. The molecule has 3 saturated heterocycles. The van der Waals surface area contributed by atoms with Crippen LogP contribution in [0.4, 0.5) is 26.3 Å². The topological polar surface area (TPSA) is 279 Å². The summed E-state index contributed by atoms with van der Waals surface area (Å²) in [6, 6.07) is -7.06. The van der Waals surface area contributed by atoms with Gasteiger partial charge in [0.25, 0.3) is 0 Å². The molecule has 5 aliphatic rings. The molecule has 6 rings (SSSR count). The second-order valence-electron chi connectivity index (χ2n) is 28.6. The molecule has 3 N–H and O–H groups in total. The number of likely N-dealkylation sites (tertiary alicyclic amines) is 1. The zero-order chi connectivity index (χ0) is 75.2. The molecule has 5 fully saturated rings. The van der Waals surface area contributed by atoms with E-state index in [1.165, 1.54) is 54.8 Å². The fourth-order valence-electron chi connectivity index (χ4n) is 14.3. The lowest BCUT2D eigenvalue weighted by Crippen LogP contribution is -2.65. The van der Waals surface area contributed by atoms with Gasteiger partial charge < -0.3 is 64.8 Å². The standard InChI is InChI=1S/C69H103ClF6N12O13/c1-12-43(4)57-64(98)82(7)38-55(91)80(5)39-56(92)84(9)52(40-101-41-68(71,72)73)62(96)81(6)37-53(89)77-48(28-26-44-25-27-46(47(70)35-44)69(74,75)76)61(95)88-33-21-24-49(88)60(94)79-67(29-17-18-30-67)66(100)86(11)58(45-22-15-13-16-23-45)65(99)85(10)51(63(97)87-31-19-14-20-32-87)36-54(90)83(8)50(34-42(2)3)59(93)78-57/h25,27,35,42-43,45,48-52,57-58H,12-24,26,28-34,36-41H2,1-11H3,(H,77,89)(H,78,93)(H,79,94)/t43-,48-,49-,50-,51-,52-,57-,58-/m0/s1. The molecule has 2 saturated carbocycles. The van der Waals surface area contributed by atoms with Gasteiger partial charge in [-0.1, -0.05) is 83.9 Å². The van der Waals surface area contributed by atoms with E-state index in [4.69, 9.17) is 16.3 Å². The zero-order valence-electron chi connectivity index (χ0n) is 60.1. The van der Waals surface area contributed by atoms with Gasteiger partial charge in [0.2, 0.25) is 70.9 Å². The molecule has 0 unspecified atom stereocenters. The Morgan fingerprint density at radius 3 is 1.84 bits per heavy atom. The normalized spacial score (nSPS) is 25.9. The first-order valence-electron chi connectivity index (χ1n) is 35.1. The molecule has 25 nitrogen and oxygen atoms in total. The minimum Gasteiger partial charge on any atom is -0.369 e. The van der Waals surface area contributed by atoms with E-state index in [1.54, 1.807) is 18.7 Å². The molecule has 3 heterocycles. The Bertz CT molecular complexity index is 3150. The predicted molar refractivity (Wildman–Crippen MR) is 359 cm³/mol. The van der Waals surface area contributed by atoms with Crippen LogP contribution in [0.1, 0.15) is 154 Å². The molecule has 8 atom stereocenters. The number of benzene rings is 1. The van der Waals surface area contributed by atoms with E-state index in [0.29, 0.717) is 75.8 Å². The number of fused-ring (bicyclic) bond motifs is 1. The molecule has 12 amide bonds. The van der Waals surface area contributed by atoms with Crippen molar-refractivity contribution in [1.29, 1.82) is 0 Å². The van der Waals surface area contributed by atoms with Crippen LogP contribution in [0.25, 0.3) is 0 Å². The largest absolute Gasteiger partial charge is 0.417 e. The number of ether oxygens (including phenoxy) is 1. The summed E-state index contributed by atoms with van der Waals surface area (Å²) in [5, 5.41) is 7.76. The third-order valence-corrected chi connectivity index (χ3v) is 20.9. The summed E-state index contributed by atoms with van der Waals surface area (Å²) in [5.74, 6) is -10.9. The number of likely N-dealkylation sites (N-methyl/N-ethyl adjacent to an activating group) is 7. The summed E-state index contributed by atoms with van der Waals surface area (Å²) < 4.78 is 87.0. The molecule has 1 spiro atoms. The molecule has 0 radical (unpaired) electrons. The van der Waals surface area contributed by atoms with Gasteiger partial charge in [-0.2, -0.15) is 26.3 Å². The molecule has 1 aromatic rings. The van der Waals surface area contributed by atoms with Gasteiger partial charge in [0.1, 0.15) is 54.4 Å². The minimum atomic E-state index is -4.91. The molecular weight excluding hydrogens is 1350 g/mol. The summed E-state index contributed by atoms with van der Waals surface area (Å²) in [5.41, 5.74) is -2.57. The zero-order valence-corrected chi connectivity index (χ0v) is 60.8. The van der Waals surface area contributed by atoms with Crippen molar-refractivity contribution in [2.45, 2.75) is 210 Å². The van der Waals surface area contributed by atoms with E-state index in [0.717, 1.165) is 59.8 Å². The van der Waals surface area contributed by atoms with E-state index in [-0.39, 0.29) is 63.0 Å². The second kappa shape index (κ2) is 36.2. The van der Waals surface area contributed by atoms with Crippen molar-refractivity contribution < 1.29 is 88.6 Å². The van der Waals surface area contributed by atoms with Gasteiger partial charge in [0, 0.05) is 69.0 Å². The highest BCUT2D eigenvalue weighted by Gasteiger charge is 2.52. The van der Waals surface area contributed by atoms with Crippen molar-refractivity contribution in [3.8, 4) is 0 Å². The number of hydrogen-bond donors (Lipinski definition) is 3. The number of halogens is 7. The van der Waals surface area contributed by atoms with E-state index in [9.17, 15) is 55.1 Å². The molecule has 101 heavy (non-hydrogen) atoms. The Balaban J connectivity index is 1.44. The lowest BCUT2D eigenvalue weighted by Gasteiger charge is -2.43. The van der Waals surface area contributed by atoms with Crippen LogP contribution in [0.2, 0.25) is 5.02 Å². The maximum Gasteiger partial charge on any atom is 0.417 e.